The molecule has 0 saturated carbocycles. The minimum atomic E-state index is 0.185. The third-order valence-corrected chi connectivity index (χ3v) is 3.81. The van der Waals surface area contributed by atoms with Crippen LogP contribution in [0.15, 0.2) is 48.5 Å². The van der Waals surface area contributed by atoms with Crippen LogP contribution in [-0.4, -0.2) is 7.11 Å². The van der Waals surface area contributed by atoms with E-state index >= 15 is 0 Å². The van der Waals surface area contributed by atoms with Gasteiger partial charge in [0.2, 0.25) is 0 Å². The minimum Gasteiger partial charge on any atom is -0.497 e. The van der Waals surface area contributed by atoms with Crippen LogP contribution in [0.25, 0.3) is 0 Å². The molecule has 20 heavy (non-hydrogen) atoms. The molecule has 1 N–H and O–H groups in total. The van der Waals surface area contributed by atoms with Crippen molar-refractivity contribution in [1.82, 2.24) is 5.32 Å². The SMILES string of the molecule is COc1cccc([C@@H](C)NC(C)c2ccccc2Cl)c1. The van der Waals surface area contributed by atoms with Crippen molar-refractivity contribution >= 4 is 11.6 Å². The number of hydrogen-bond acceptors (Lipinski definition) is 2. The van der Waals surface area contributed by atoms with Crippen molar-refractivity contribution in [2.45, 2.75) is 25.9 Å². The maximum atomic E-state index is 6.24. The van der Waals surface area contributed by atoms with Crippen LogP contribution in [0.3, 0.4) is 0 Å². The van der Waals surface area contributed by atoms with Crippen LogP contribution in [0.5, 0.6) is 5.75 Å². The first-order valence-corrected chi connectivity index (χ1v) is 7.14. The van der Waals surface area contributed by atoms with Crippen molar-refractivity contribution in [2.75, 3.05) is 7.11 Å². The highest BCUT2D eigenvalue weighted by atomic mass is 35.5. The summed E-state index contributed by atoms with van der Waals surface area (Å²) in [6.07, 6.45) is 0. The fourth-order valence-electron chi connectivity index (χ4n) is 2.30. The second-order valence-corrected chi connectivity index (χ2v) is 5.32. The predicted octanol–water partition coefficient (Wildman–Crippen LogP) is 4.76. The molecule has 1 unspecified atom stereocenters. The fourth-order valence-corrected chi connectivity index (χ4v) is 2.60. The van der Waals surface area contributed by atoms with Crippen LogP contribution < -0.4 is 10.1 Å². The second kappa shape index (κ2) is 6.78. The number of hydrogen-bond donors (Lipinski definition) is 1. The van der Waals surface area contributed by atoms with Gasteiger partial charge >= 0.3 is 0 Å². The Hall–Kier alpha value is -1.51. The molecule has 0 bridgehead atoms. The zero-order chi connectivity index (χ0) is 14.5. The fraction of sp³-hybridized carbons (Fsp3) is 0.294. The maximum absolute atomic E-state index is 6.24. The van der Waals surface area contributed by atoms with Crippen molar-refractivity contribution in [2.24, 2.45) is 0 Å². The number of rotatable bonds is 5. The first-order chi connectivity index (χ1) is 9.61. The largest absolute Gasteiger partial charge is 0.497 e. The highest BCUT2D eigenvalue weighted by molar-refractivity contribution is 6.31. The third kappa shape index (κ3) is 3.53. The molecule has 2 rings (SSSR count). The molecule has 0 aliphatic heterocycles. The summed E-state index contributed by atoms with van der Waals surface area (Å²) in [6, 6.07) is 16.4. The Morgan fingerprint density at radius 2 is 1.75 bits per heavy atom. The van der Waals surface area contributed by atoms with E-state index in [9.17, 15) is 0 Å². The molecule has 0 heterocycles. The number of benzene rings is 2. The van der Waals surface area contributed by atoms with Gasteiger partial charge in [0.05, 0.1) is 7.11 Å². The lowest BCUT2D eigenvalue weighted by atomic mass is 10.0. The quantitative estimate of drug-likeness (QED) is 0.857. The number of methoxy groups -OCH3 is 1. The number of ether oxygens (including phenoxy) is 1. The van der Waals surface area contributed by atoms with Gasteiger partial charge in [-0.1, -0.05) is 41.9 Å². The zero-order valence-corrected chi connectivity index (χ0v) is 12.8. The predicted molar refractivity (Wildman–Crippen MR) is 84.4 cm³/mol. The summed E-state index contributed by atoms with van der Waals surface area (Å²) in [7, 11) is 1.68. The Kier molecular flexibility index (Phi) is 5.05. The molecule has 0 aromatic heterocycles. The van der Waals surface area contributed by atoms with E-state index in [4.69, 9.17) is 16.3 Å². The van der Waals surface area contributed by atoms with Gasteiger partial charge < -0.3 is 10.1 Å². The molecule has 0 aliphatic rings. The van der Waals surface area contributed by atoms with Crippen LogP contribution >= 0.6 is 11.6 Å². The van der Waals surface area contributed by atoms with Gasteiger partial charge in [-0.15, -0.1) is 0 Å². The van der Waals surface area contributed by atoms with Gasteiger partial charge in [-0.05, 0) is 43.2 Å². The summed E-state index contributed by atoms with van der Waals surface area (Å²) in [5.74, 6) is 0.876. The molecule has 2 nitrogen and oxygen atoms in total. The normalized spacial score (nSPS) is 13.8. The van der Waals surface area contributed by atoms with E-state index in [-0.39, 0.29) is 12.1 Å². The average molecular weight is 290 g/mol. The highest BCUT2D eigenvalue weighted by Gasteiger charge is 2.13. The number of nitrogens with one attached hydrogen (secondary N) is 1. The molecule has 0 amide bonds. The van der Waals surface area contributed by atoms with Gasteiger partial charge in [0.1, 0.15) is 5.75 Å². The zero-order valence-electron chi connectivity index (χ0n) is 12.1. The van der Waals surface area contributed by atoms with Crippen LogP contribution in [0, 0.1) is 0 Å². The molecule has 2 atom stereocenters. The van der Waals surface area contributed by atoms with Gasteiger partial charge in [0, 0.05) is 17.1 Å². The van der Waals surface area contributed by atoms with Crippen molar-refractivity contribution < 1.29 is 4.74 Å². The van der Waals surface area contributed by atoms with Crippen LogP contribution in [0.1, 0.15) is 37.1 Å². The minimum absolute atomic E-state index is 0.185. The molecule has 0 radical (unpaired) electrons. The smallest absolute Gasteiger partial charge is 0.119 e. The average Bonchev–Trinajstić information content (AvgIpc) is 2.47. The first kappa shape index (κ1) is 14.9. The monoisotopic (exact) mass is 289 g/mol. The summed E-state index contributed by atoms with van der Waals surface area (Å²) >= 11 is 6.24. The first-order valence-electron chi connectivity index (χ1n) is 6.76. The molecule has 3 heteroatoms. The molecule has 0 fully saturated rings. The summed E-state index contributed by atoms with van der Waals surface area (Å²) in [5, 5.41) is 4.36. The van der Waals surface area contributed by atoms with Crippen molar-refractivity contribution in [3.8, 4) is 5.75 Å². The molecular weight excluding hydrogens is 270 g/mol. The molecule has 2 aromatic carbocycles. The Labute approximate surface area is 125 Å². The van der Waals surface area contributed by atoms with Crippen LogP contribution in [0.4, 0.5) is 0 Å². The van der Waals surface area contributed by atoms with E-state index in [1.807, 2.05) is 30.3 Å². The summed E-state index contributed by atoms with van der Waals surface area (Å²) < 4.78 is 5.26. The van der Waals surface area contributed by atoms with Gasteiger partial charge in [-0.2, -0.15) is 0 Å². The van der Waals surface area contributed by atoms with E-state index in [0.717, 1.165) is 16.3 Å². The van der Waals surface area contributed by atoms with Gasteiger partial charge in [-0.25, -0.2) is 0 Å². The van der Waals surface area contributed by atoms with E-state index in [2.05, 4.69) is 37.4 Å². The van der Waals surface area contributed by atoms with Gasteiger partial charge in [-0.3, -0.25) is 0 Å². The Morgan fingerprint density at radius 3 is 2.45 bits per heavy atom. The maximum Gasteiger partial charge on any atom is 0.119 e. The van der Waals surface area contributed by atoms with Gasteiger partial charge in [0.25, 0.3) is 0 Å². The summed E-state index contributed by atoms with van der Waals surface area (Å²) in [5.41, 5.74) is 2.31. The van der Waals surface area contributed by atoms with Gasteiger partial charge in [0.15, 0.2) is 0 Å². The second-order valence-electron chi connectivity index (χ2n) is 4.91. The lowest BCUT2D eigenvalue weighted by Crippen LogP contribution is -2.22. The standard InChI is InChI=1S/C17H20ClNO/c1-12(14-7-6-8-15(11-14)20-3)19-13(2)16-9-4-5-10-17(16)18/h4-13,19H,1-3H3/t12-,13?/m1/s1. The van der Waals surface area contributed by atoms with Crippen LogP contribution in [0.2, 0.25) is 5.02 Å². The Morgan fingerprint density at radius 1 is 1.00 bits per heavy atom. The van der Waals surface area contributed by atoms with Crippen LogP contribution in [-0.2, 0) is 0 Å². The summed E-state index contributed by atoms with van der Waals surface area (Å²) in [6.45, 7) is 4.26. The molecule has 0 aliphatic carbocycles. The highest BCUT2D eigenvalue weighted by Crippen LogP contribution is 2.26. The third-order valence-electron chi connectivity index (χ3n) is 3.47. The molecule has 0 saturated heterocycles. The van der Waals surface area contributed by atoms with Crippen molar-refractivity contribution in [1.29, 1.82) is 0 Å². The lowest BCUT2D eigenvalue weighted by molar-refractivity contribution is 0.412. The van der Waals surface area contributed by atoms with Crippen molar-refractivity contribution in [3.05, 3.63) is 64.7 Å². The lowest BCUT2D eigenvalue weighted by Gasteiger charge is -2.22. The van der Waals surface area contributed by atoms with Crippen molar-refractivity contribution in [3.63, 3.8) is 0 Å². The number of halogens is 1. The van der Waals surface area contributed by atoms with E-state index in [1.165, 1.54) is 5.56 Å². The van der Waals surface area contributed by atoms with E-state index in [1.54, 1.807) is 7.11 Å². The molecular formula is C17H20ClNO. The molecule has 106 valence electrons. The Bertz CT molecular complexity index is 570. The van der Waals surface area contributed by atoms with E-state index in [0.29, 0.717) is 0 Å². The van der Waals surface area contributed by atoms with E-state index < -0.39 is 0 Å². The molecule has 0 spiro atoms. The topological polar surface area (TPSA) is 21.3 Å². The summed E-state index contributed by atoms with van der Waals surface area (Å²) in [4.78, 5) is 0. The molecule has 2 aromatic rings. The Balaban J connectivity index is 2.11.